The molecule has 0 saturated carbocycles. The van der Waals surface area contributed by atoms with E-state index in [2.05, 4.69) is 10.1 Å². The van der Waals surface area contributed by atoms with Gasteiger partial charge in [-0.05, 0) is 18.2 Å². The predicted octanol–water partition coefficient (Wildman–Crippen LogP) is 1.85. The van der Waals surface area contributed by atoms with Crippen molar-refractivity contribution in [1.29, 1.82) is 0 Å². The van der Waals surface area contributed by atoms with Gasteiger partial charge in [-0.3, -0.25) is 0 Å². The summed E-state index contributed by atoms with van der Waals surface area (Å²) in [5.74, 6) is -0.694. The highest BCUT2D eigenvalue weighted by molar-refractivity contribution is 5.93. The van der Waals surface area contributed by atoms with Crippen LogP contribution in [-0.4, -0.2) is 47.8 Å². The molecule has 9 heteroatoms. The van der Waals surface area contributed by atoms with Gasteiger partial charge < -0.3 is 20.1 Å². The summed E-state index contributed by atoms with van der Waals surface area (Å²) in [4.78, 5) is 24.8. The first-order valence-electron chi connectivity index (χ1n) is 6.73. The molecule has 23 heavy (non-hydrogen) atoms. The summed E-state index contributed by atoms with van der Waals surface area (Å²) < 4.78 is 42.5. The lowest BCUT2D eigenvalue weighted by atomic mass is 10.2. The van der Waals surface area contributed by atoms with E-state index in [9.17, 15) is 27.9 Å². The van der Waals surface area contributed by atoms with E-state index in [-0.39, 0.29) is 18.7 Å². The molecule has 2 rings (SSSR count). The molecule has 1 aromatic carbocycles. The molecule has 1 aliphatic rings. The molecule has 0 radical (unpaired) electrons. The minimum atomic E-state index is -4.53. The van der Waals surface area contributed by atoms with Crippen LogP contribution >= 0.6 is 0 Å². The largest absolute Gasteiger partial charge is 0.467 e. The Morgan fingerprint density at radius 2 is 2.09 bits per heavy atom. The van der Waals surface area contributed by atoms with E-state index in [1.807, 2.05) is 0 Å². The number of esters is 1. The van der Waals surface area contributed by atoms with E-state index in [0.29, 0.717) is 0 Å². The molecule has 0 unspecified atom stereocenters. The summed E-state index contributed by atoms with van der Waals surface area (Å²) in [5, 5.41) is 11.9. The zero-order valence-corrected chi connectivity index (χ0v) is 12.1. The van der Waals surface area contributed by atoms with Crippen molar-refractivity contribution in [3.8, 4) is 0 Å². The Labute approximate surface area is 129 Å². The smallest absolute Gasteiger partial charge is 0.416 e. The van der Waals surface area contributed by atoms with Gasteiger partial charge in [-0.25, -0.2) is 9.59 Å². The second-order valence-electron chi connectivity index (χ2n) is 5.09. The number of methoxy groups -OCH3 is 1. The first-order chi connectivity index (χ1) is 10.7. The number of rotatable bonds is 2. The Morgan fingerprint density at radius 3 is 2.70 bits per heavy atom. The van der Waals surface area contributed by atoms with Crippen LogP contribution in [0.25, 0.3) is 0 Å². The Hall–Kier alpha value is -2.29. The van der Waals surface area contributed by atoms with Crippen molar-refractivity contribution in [2.75, 3.05) is 19.0 Å². The van der Waals surface area contributed by atoms with Gasteiger partial charge in [-0.15, -0.1) is 0 Å². The van der Waals surface area contributed by atoms with Crippen LogP contribution in [-0.2, 0) is 15.7 Å². The number of likely N-dealkylation sites (tertiary alicyclic amines) is 1. The molecule has 1 saturated heterocycles. The van der Waals surface area contributed by atoms with Gasteiger partial charge in [0.1, 0.15) is 6.04 Å². The van der Waals surface area contributed by atoms with Crippen molar-refractivity contribution in [2.45, 2.75) is 24.7 Å². The number of hydrogen-bond acceptors (Lipinski definition) is 4. The first kappa shape index (κ1) is 17.1. The van der Waals surface area contributed by atoms with Gasteiger partial charge in [0.2, 0.25) is 0 Å². The lowest BCUT2D eigenvalue weighted by molar-refractivity contribution is -0.145. The molecule has 1 aromatic rings. The maximum absolute atomic E-state index is 12.7. The second kappa shape index (κ2) is 6.45. The van der Waals surface area contributed by atoms with Crippen LogP contribution in [0.1, 0.15) is 12.0 Å². The summed E-state index contributed by atoms with van der Waals surface area (Å²) in [6.07, 6.45) is -5.41. The number of hydrogen-bond donors (Lipinski definition) is 2. The molecular weight excluding hydrogens is 317 g/mol. The van der Waals surface area contributed by atoms with Crippen LogP contribution in [0.2, 0.25) is 0 Å². The van der Waals surface area contributed by atoms with E-state index < -0.39 is 35.9 Å². The van der Waals surface area contributed by atoms with Gasteiger partial charge in [0.05, 0.1) is 18.8 Å². The number of ether oxygens (including phenoxy) is 1. The van der Waals surface area contributed by atoms with Gasteiger partial charge in [0, 0.05) is 18.7 Å². The summed E-state index contributed by atoms with van der Waals surface area (Å²) >= 11 is 0. The molecule has 6 nitrogen and oxygen atoms in total. The maximum atomic E-state index is 12.7. The number of carbonyl (C=O) groups is 2. The molecule has 0 spiro atoms. The lowest BCUT2D eigenvalue weighted by Crippen LogP contribution is -2.43. The van der Waals surface area contributed by atoms with Gasteiger partial charge >= 0.3 is 18.2 Å². The number of carbonyl (C=O) groups excluding carboxylic acids is 2. The highest BCUT2D eigenvalue weighted by Crippen LogP contribution is 2.31. The second-order valence-corrected chi connectivity index (χ2v) is 5.09. The number of aliphatic hydroxyl groups is 1. The third-order valence-corrected chi connectivity index (χ3v) is 3.45. The Kier molecular flexibility index (Phi) is 4.79. The first-order valence-corrected chi connectivity index (χ1v) is 6.73. The predicted molar refractivity (Wildman–Crippen MR) is 73.6 cm³/mol. The average molecular weight is 332 g/mol. The van der Waals surface area contributed by atoms with Crippen molar-refractivity contribution >= 4 is 17.7 Å². The fourth-order valence-corrected chi connectivity index (χ4v) is 2.37. The number of nitrogens with one attached hydrogen (secondary N) is 1. The summed E-state index contributed by atoms with van der Waals surface area (Å²) in [5.41, 5.74) is -0.962. The molecule has 1 fully saturated rings. The lowest BCUT2D eigenvalue weighted by Gasteiger charge is -2.22. The normalized spacial score (nSPS) is 21.2. The minimum absolute atomic E-state index is 0.0166. The molecule has 1 heterocycles. The Bertz CT molecular complexity index is 606. The zero-order chi connectivity index (χ0) is 17.2. The summed E-state index contributed by atoms with van der Waals surface area (Å²) in [7, 11) is 1.15. The van der Waals surface area contributed by atoms with E-state index in [1.165, 1.54) is 6.07 Å². The van der Waals surface area contributed by atoms with Gasteiger partial charge in [0.15, 0.2) is 0 Å². The molecule has 2 amide bonds. The van der Waals surface area contributed by atoms with Gasteiger partial charge in [-0.1, -0.05) is 6.07 Å². The topological polar surface area (TPSA) is 78.9 Å². The van der Waals surface area contributed by atoms with Crippen LogP contribution in [0.3, 0.4) is 0 Å². The molecule has 126 valence electrons. The zero-order valence-electron chi connectivity index (χ0n) is 12.1. The quantitative estimate of drug-likeness (QED) is 0.810. The fourth-order valence-electron chi connectivity index (χ4n) is 2.37. The number of anilines is 1. The number of β-amino-alcohol motifs (C(OH)–C–C–N with tert-alkyl or cyclic N) is 1. The number of benzene rings is 1. The molecule has 2 atom stereocenters. The van der Waals surface area contributed by atoms with E-state index in [4.69, 9.17) is 0 Å². The van der Waals surface area contributed by atoms with Crippen LogP contribution in [0.5, 0.6) is 0 Å². The number of halogens is 3. The minimum Gasteiger partial charge on any atom is -0.467 e. The molecule has 0 aromatic heterocycles. The average Bonchev–Trinajstić information content (AvgIpc) is 2.88. The van der Waals surface area contributed by atoms with E-state index in [1.54, 1.807) is 0 Å². The summed E-state index contributed by atoms with van der Waals surface area (Å²) in [6, 6.07) is 2.38. The van der Waals surface area contributed by atoms with Crippen molar-refractivity contribution < 1.29 is 32.6 Å². The van der Waals surface area contributed by atoms with Crippen molar-refractivity contribution in [1.82, 2.24) is 4.90 Å². The Balaban J connectivity index is 2.14. The fraction of sp³-hybridized carbons (Fsp3) is 0.429. The Morgan fingerprint density at radius 1 is 1.39 bits per heavy atom. The third-order valence-electron chi connectivity index (χ3n) is 3.45. The molecule has 0 bridgehead atoms. The molecular formula is C14H15F3N2O4. The van der Waals surface area contributed by atoms with E-state index >= 15 is 0 Å². The van der Waals surface area contributed by atoms with Crippen LogP contribution in [0, 0.1) is 0 Å². The molecule has 0 aliphatic carbocycles. The number of aliphatic hydroxyl groups excluding tert-OH is 1. The van der Waals surface area contributed by atoms with Crippen LogP contribution in [0.4, 0.5) is 23.7 Å². The number of amides is 2. The SMILES string of the molecule is COC(=O)[C@H]1C[C@@H](O)CN1C(=O)Nc1cccc(C(F)(F)F)c1. The van der Waals surface area contributed by atoms with Crippen molar-refractivity contribution in [2.24, 2.45) is 0 Å². The number of nitrogens with zero attached hydrogens (tertiary/aromatic N) is 1. The molecule has 2 N–H and O–H groups in total. The van der Waals surface area contributed by atoms with Crippen molar-refractivity contribution in [3.05, 3.63) is 29.8 Å². The van der Waals surface area contributed by atoms with Crippen LogP contribution < -0.4 is 5.32 Å². The highest BCUT2D eigenvalue weighted by Gasteiger charge is 2.40. The van der Waals surface area contributed by atoms with Gasteiger partial charge in [0.25, 0.3) is 0 Å². The highest BCUT2D eigenvalue weighted by atomic mass is 19.4. The monoisotopic (exact) mass is 332 g/mol. The summed E-state index contributed by atoms with van der Waals surface area (Å²) in [6.45, 7) is -0.107. The van der Waals surface area contributed by atoms with E-state index in [0.717, 1.165) is 30.2 Å². The van der Waals surface area contributed by atoms with Gasteiger partial charge in [-0.2, -0.15) is 13.2 Å². The number of alkyl halides is 3. The maximum Gasteiger partial charge on any atom is 0.416 e. The standard InChI is InChI=1S/C14H15F3N2O4/c1-23-12(21)11-6-10(20)7-19(11)13(22)18-9-4-2-3-8(5-9)14(15,16)17/h2-5,10-11,20H,6-7H2,1H3,(H,18,22)/t10-,11-/m1/s1. The van der Waals surface area contributed by atoms with Crippen molar-refractivity contribution in [3.63, 3.8) is 0 Å². The third kappa shape index (κ3) is 3.92. The van der Waals surface area contributed by atoms with Crippen LogP contribution in [0.15, 0.2) is 24.3 Å². The number of urea groups is 1. The molecule has 1 aliphatic heterocycles.